The van der Waals surface area contributed by atoms with E-state index in [-0.39, 0.29) is 11.9 Å². The van der Waals surface area contributed by atoms with E-state index in [0.29, 0.717) is 10.7 Å². The van der Waals surface area contributed by atoms with Gasteiger partial charge in [-0.25, -0.2) is 4.39 Å². The summed E-state index contributed by atoms with van der Waals surface area (Å²) in [7, 11) is 0. The van der Waals surface area contributed by atoms with Crippen molar-refractivity contribution in [3.63, 3.8) is 0 Å². The number of nitrogens with one attached hydrogen (secondary N) is 1. The fraction of sp³-hybridized carbons (Fsp3) is 0.200. The number of benzene rings is 2. The number of rotatable bonds is 4. The number of nitrogen functional groups attached to an aromatic ring is 1. The van der Waals surface area contributed by atoms with E-state index < -0.39 is 0 Å². The van der Waals surface area contributed by atoms with Crippen molar-refractivity contribution in [3.05, 3.63) is 58.9 Å². The van der Waals surface area contributed by atoms with Crippen LogP contribution in [0.2, 0.25) is 5.02 Å². The first-order valence-corrected chi connectivity index (χ1v) is 6.48. The summed E-state index contributed by atoms with van der Waals surface area (Å²) in [6.45, 7) is 2.05. The van der Waals surface area contributed by atoms with Gasteiger partial charge in [0.2, 0.25) is 0 Å². The lowest BCUT2D eigenvalue weighted by Crippen LogP contribution is -2.18. The van der Waals surface area contributed by atoms with Crippen LogP contribution in [0.3, 0.4) is 0 Å². The molecule has 0 amide bonds. The van der Waals surface area contributed by atoms with Gasteiger partial charge in [-0.2, -0.15) is 0 Å². The molecule has 0 aliphatic carbocycles. The van der Waals surface area contributed by atoms with Crippen LogP contribution >= 0.6 is 11.6 Å². The average molecular weight is 279 g/mol. The Hall–Kier alpha value is -1.74. The van der Waals surface area contributed by atoms with Crippen LogP contribution in [0.5, 0.6) is 0 Å². The van der Waals surface area contributed by atoms with Crippen LogP contribution in [0.15, 0.2) is 42.5 Å². The average Bonchev–Trinajstić information content (AvgIpc) is 2.36. The normalized spacial score (nSPS) is 12.2. The second-order valence-corrected chi connectivity index (χ2v) is 5.02. The predicted octanol–water partition coefficient (Wildman–Crippen LogP) is 4.10. The van der Waals surface area contributed by atoms with Crippen molar-refractivity contribution in [2.24, 2.45) is 0 Å². The molecule has 1 atom stereocenters. The predicted molar refractivity (Wildman–Crippen MR) is 79.1 cm³/mol. The van der Waals surface area contributed by atoms with Crippen molar-refractivity contribution in [1.29, 1.82) is 0 Å². The van der Waals surface area contributed by atoms with Crippen molar-refractivity contribution in [2.75, 3.05) is 11.1 Å². The van der Waals surface area contributed by atoms with E-state index in [1.807, 2.05) is 6.07 Å². The molecule has 0 saturated carbocycles. The maximum Gasteiger partial charge on any atom is 0.123 e. The van der Waals surface area contributed by atoms with Crippen molar-refractivity contribution < 1.29 is 4.39 Å². The van der Waals surface area contributed by atoms with Crippen molar-refractivity contribution in [1.82, 2.24) is 0 Å². The SMILES string of the molecule is CC(Cc1ccc(F)cc1)Nc1ccc(N)cc1Cl. The number of halogens is 2. The zero-order valence-corrected chi connectivity index (χ0v) is 11.4. The van der Waals surface area contributed by atoms with Gasteiger partial charge < -0.3 is 11.1 Å². The highest BCUT2D eigenvalue weighted by Gasteiger charge is 2.07. The molecule has 0 aliphatic heterocycles. The Kier molecular flexibility index (Phi) is 4.27. The molecule has 0 aliphatic rings. The maximum atomic E-state index is 12.8. The zero-order valence-electron chi connectivity index (χ0n) is 10.7. The molecule has 2 rings (SSSR count). The summed E-state index contributed by atoms with van der Waals surface area (Å²) in [5.41, 5.74) is 8.22. The summed E-state index contributed by atoms with van der Waals surface area (Å²) >= 11 is 6.11. The van der Waals surface area contributed by atoms with E-state index in [2.05, 4.69) is 12.2 Å². The highest BCUT2D eigenvalue weighted by molar-refractivity contribution is 6.33. The molecule has 3 N–H and O–H groups in total. The van der Waals surface area contributed by atoms with E-state index >= 15 is 0 Å². The minimum Gasteiger partial charge on any atom is -0.399 e. The Labute approximate surface area is 117 Å². The summed E-state index contributed by atoms with van der Waals surface area (Å²) in [5.74, 6) is -0.217. The van der Waals surface area contributed by atoms with Crippen molar-refractivity contribution in [2.45, 2.75) is 19.4 Å². The molecule has 0 bridgehead atoms. The summed E-state index contributed by atoms with van der Waals surface area (Å²) < 4.78 is 12.8. The van der Waals surface area contributed by atoms with Crippen LogP contribution in [0, 0.1) is 5.82 Å². The van der Waals surface area contributed by atoms with Gasteiger partial charge in [0.1, 0.15) is 5.82 Å². The van der Waals surface area contributed by atoms with E-state index in [1.54, 1.807) is 24.3 Å². The molecule has 100 valence electrons. The molecular formula is C15H16ClFN2. The Morgan fingerprint density at radius 3 is 2.53 bits per heavy atom. The minimum absolute atomic E-state index is 0.187. The molecule has 0 saturated heterocycles. The molecule has 2 aromatic carbocycles. The summed E-state index contributed by atoms with van der Waals surface area (Å²) in [4.78, 5) is 0. The highest BCUT2D eigenvalue weighted by atomic mass is 35.5. The quantitative estimate of drug-likeness (QED) is 0.826. The highest BCUT2D eigenvalue weighted by Crippen LogP contribution is 2.25. The van der Waals surface area contributed by atoms with Crippen molar-refractivity contribution in [3.8, 4) is 0 Å². The number of hydrogen-bond acceptors (Lipinski definition) is 2. The van der Waals surface area contributed by atoms with Crippen LogP contribution in [0.1, 0.15) is 12.5 Å². The Morgan fingerprint density at radius 2 is 1.89 bits per heavy atom. The molecule has 0 aromatic heterocycles. The number of anilines is 2. The molecule has 19 heavy (non-hydrogen) atoms. The molecule has 4 heteroatoms. The van der Waals surface area contributed by atoms with Crippen LogP contribution in [0.25, 0.3) is 0 Å². The Balaban J connectivity index is 2.01. The molecule has 0 heterocycles. The van der Waals surface area contributed by atoms with E-state index in [0.717, 1.165) is 17.7 Å². The van der Waals surface area contributed by atoms with E-state index in [9.17, 15) is 4.39 Å². The lowest BCUT2D eigenvalue weighted by atomic mass is 10.1. The molecule has 2 nitrogen and oxygen atoms in total. The zero-order chi connectivity index (χ0) is 13.8. The van der Waals surface area contributed by atoms with Crippen LogP contribution in [0.4, 0.5) is 15.8 Å². The minimum atomic E-state index is -0.217. The van der Waals surface area contributed by atoms with Gasteiger partial charge in [0.15, 0.2) is 0 Å². The third-order valence-corrected chi connectivity index (χ3v) is 3.16. The maximum absolute atomic E-state index is 12.8. The second-order valence-electron chi connectivity index (χ2n) is 4.62. The van der Waals surface area contributed by atoms with Crippen LogP contribution in [-0.4, -0.2) is 6.04 Å². The van der Waals surface area contributed by atoms with Gasteiger partial charge in [-0.15, -0.1) is 0 Å². The van der Waals surface area contributed by atoms with Gasteiger partial charge in [-0.1, -0.05) is 23.7 Å². The van der Waals surface area contributed by atoms with E-state index in [4.69, 9.17) is 17.3 Å². The Bertz CT molecular complexity index is 555. The number of hydrogen-bond donors (Lipinski definition) is 2. The first-order chi connectivity index (χ1) is 9.04. The lowest BCUT2D eigenvalue weighted by Gasteiger charge is -2.16. The third kappa shape index (κ3) is 3.86. The summed E-state index contributed by atoms with van der Waals surface area (Å²) in [5, 5.41) is 3.92. The first kappa shape index (κ1) is 13.7. The third-order valence-electron chi connectivity index (χ3n) is 2.85. The summed E-state index contributed by atoms with van der Waals surface area (Å²) in [6.07, 6.45) is 0.793. The van der Waals surface area contributed by atoms with Gasteiger partial charge in [0.25, 0.3) is 0 Å². The van der Waals surface area contributed by atoms with Gasteiger partial charge >= 0.3 is 0 Å². The topological polar surface area (TPSA) is 38.0 Å². The van der Waals surface area contributed by atoms with Gasteiger partial charge in [0.05, 0.1) is 10.7 Å². The van der Waals surface area contributed by atoms with Crippen LogP contribution < -0.4 is 11.1 Å². The standard InChI is InChI=1S/C15H16ClFN2/c1-10(8-11-2-4-12(17)5-3-11)19-15-7-6-13(18)9-14(15)16/h2-7,9-10,19H,8,18H2,1H3. The van der Waals surface area contributed by atoms with Gasteiger partial charge in [-0.3, -0.25) is 0 Å². The van der Waals surface area contributed by atoms with Gasteiger partial charge in [0, 0.05) is 11.7 Å². The molecular weight excluding hydrogens is 263 g/mol. The summed E-state index contributed by atoms with van der Waals surface area (Å²) in [6, 6.07) is 12.1. The largest absolute Gasteiger partial charge is 0.399 e. The number of nitrogens with two attached hydrogens (primary N) is 1. The molecule has 0 fully saturated rings. The first-order valence-electron chi connectivity index (χ1n) is 6.10. The van der Waals surface area contributed by atoms with Crippen molar-refractivity contribution >= 4 is 23.0 Å². The Morgan fingerprint density at radius 1 is 1.21 bits per heavy atom. The fourth-order valence-electron chi connectivity index (χ4n) is 1.94. The lowest BCUT2D eigenvalue weighted by molar-refractivity contribution is 0.626. The molecule has 1 unspecified atom stereocenters. The molecule has 2 aromatic rings. The monoisotopic (exact) mass is 278 g/mol. The molecule has 0 radical (unpaired) electrons. The van der Waals surface area contributed by atoms with E-state index in [1.165, 1.54) is 12.1 Å². The fourth-order valence-corrected chi connectivity index (χ4v) is 2.18. The van der Waals surface area contributed by atoms with Crippen LogP contribution in [-0.2, 0) is 6.42 Å². The molecule has 0 spiro atoms. The second kappa shape index (κ2) is 5.93. The smallest absolute Gasteiger partial charge is 0.123 e. The van der Waals surface area contributed by atoms with Gasteiger partial charge in [-0.05, 0) is 49.2 Å².